The molecule has 3 nitrogen and oxygen atoms in total. The van der Waals surface area contributed by atoms with Crippen LogP contribution >= 0.6 is 0 Å². The van der Waals surface area contributed by atoms with Crippen LogP contribution in [-0.4, -0.2) is 9.55 Å². The third-order valence-electron chi connectivity index (χ3n) is 10.6. The molecule has 0 unspecified atom stereocenters. The standard InChI is InChI=1S/C51H36N2O/c1-2-34-31-39(35-15-5-3-6-16-35)33-47-50(34)54-51(52-47)37-27-25-36(26-28-37)41-19-9-11-21-43(41)44-22-12-10-20-42(44)38-29-30-49-46(32-38)45-23-13-14-24-48(45)53(49)40-17-7-4-8-18-40/h3-33H,2H2,1H3. The lowest BCUT2D eigenvalue weighted by molar-refractivity contribution is 0.616. The maximum atomic E-state index is 6.44. The molecule has 2 heterocycles. The van der Waals surface area contributed by atoms with Crippen molar-refractivity contribution in [2.75, 3.05) is 0 Å². The van der Waals surface area contributed by atoms with Crippen molar-refractivity contribution in [3.63, 3.8) is 0 Å². The summed E-state index contributed by atoms with van der Waals surface area (Å²) in [6.07, 6.45) is 0.869. The highest BCUT2D eigenvalue weighted by Gasteiger charge is 2.18. The second-order valence-electron chi connectivity index (χ2n) is 13.8. The Morgan fingerprint density at radius 2 is 1.02 bits per heavy atom. The number of aromatic nitrogens is 2. The largest absolute Gasteiger partial charge is 0.436 e. The van der Waals surface area contributed by atoms with Gasteiger partial charge in [-0.15, -0.1) is 0 Å². The molecule has 3 heteroatoms. The molecule has 0 amide bonds. The van der Waals surface area contributed by atoms with Crippen LogP contribution in [0.4, 0.5) is 0 Å². The first-order valence-electron chi connectivity index (χ1n) is 18.6. The summed E-state index contributed by atoms with van der Waals surface area (Å²) < 4.78 is 8.81. The fourth-order valence-corrected chi connectivity index (χ4v) is 8.01. The molecular weight excluding hydrogens is 657 g/mol. The van der Waals surface area contributed by atoms with E-state index in [9.17, 15) is 0 Å². The number of nitrogens with zero attached hydrogens (tertiary/aromatic N) is 2. The Labute approximate surface area is 314 Å². The van der Waals surface area contributed by atoms with E-state index >= 15 is 0 Å². The average Bonchev–Trinajstić information content (AvgIpc) is 3.83. The second-order valence-corrected chi connectivity index (χ2v) is 13.8. The molecule has 10 rings (SSSR count). The summed E-state index contributed by atoms with van der Waals surface area (Å²) >= 11 is 0. The van der Waals surface area contributed by atoms with Crippen LogP contribution in [0.3, 0.4) is 0 Å². The summed E-state index contributed by atoms with van der Waals surface area (Å²) in [7, 11) is 0. The zero-order valence-electron chi connectivity index (χ0n) is 29.9. The third kappa shape index (κ3) is 5.41. The van der Waals surface area contributed by atoms with Crippen LogP contribution in [0.2, 0.25) is 0 Å². The Balaban J connectivity index is 1.03. The second kappa shape index (κ2) is 13.2. The minimum Gasteiger partial charge on any atom is -0.436 e. The minimum atomic E-state index is 0.638. The van der Waals surface area contributed by atoms with Crippen molar-refractivity contribution in [3.05, 3.63) is 194 Å². The van der Waals surface area contributed by atoms with Gasteiger partial charge >= 0.3 is 0 Å². The van der Waals surface area contributed by atoms with Crippen molar-refractivity contribution in [3.8, 4) is 61.6 Å². The van der Waals surface area contributed by atoms with Crippen LogP contribution < -0.4 is 0 Å². The number of benzene rings is 8. The monoisotopic (exact) mass is 692 g/mol. The highest BCUT2D eigenvalue weighted by molar-refractivity contribution is 6.11. The van der Waals surface area contributed by atoms with Gasteiger partial charge in [-0.1, -0.05) is 140 Å². The first-order chi connectivity index (χ1) is 26.7. The predicted molar refractivity (Wildman–Crippen MR) is 225 cm³/mol. The summed E-state index contributed by atoms with van der Waals surface area (Å²) in [5.41, 5.74) is 16.9. The molecule has 54 heavy (non-hydrogen) atoms. The molecule has 0 radical (unpaired) electrons. The molecule has 0 aliphatic heterocycles. The molecule has 0 saturated carbocycles. The summed E-state index contributed by atoms with van der Waals surface area (Å²) in [5, 5.41) is 2.49. The van der Waals surface area contributed by atoms with Crippen molar-refractivity contribution in [1.82, 2.24) is 9.55 Å². The van der Waals surface area contributed by atoms with Gasteiger partial charge in [0, 0.05) is 22.0 Å². The highest BCUT2D eigenvalue weighted by Crippen LogP contribution is 2.41. The summed E-state index contributed by atoms with van der Waals surface area (Å²) in [5.74, 6) is 0.638. The van der Waals surface area contributed by atoms with Gasteiger partial charge in [0.05, 0.1) is 11.0 Å². The van der Waals surface area contributed by atoms with Gasteiger partial charge in [-0.2, -0.15) is 0 Å². The number of hydrogen-bond donors (Lipinski definition) is 0. The van der Waals surface area contributed by atoms with E-state index in [-0.39, 0.29) is 0 Å². The van der Waals surface area contributed by atoms with Crippen molar-refractivity contribution in [2.45, 2.75) is 13.3 Å². The Hall–Kier alpha value is -6.97. The topological polar surface area (TPSA) is 31.0 Å². The van der Waals surface area contributed by atoms with Crippen LogP contribution in [0.25, 0.3) is 94.6 Å². The maximum Gasteiger partial charge on any atom is 0.227 e. The molecule has 0 aliphatic carbocycles. The Morgan fingerprint density at radius 3 is 1.74 bits per heavy atom. The number of para-hydroxylation sites is 2. The van der Waals surface area contributed by atoms with E-state index in [1.807, 2.05) is 6.07 Å². The first kappa shape index (κ1) is 31.7. The van der Waals surface area contributed by atoms with Crippen molar-refractivity contribution >= 4 is 32.9 Å². The molecule has 0 N–H and O–H groups in total. The van der Waals surface area contributed by atoms with Gasteiger partial charge in [-0.3, -0.25) is 0 Å². The van der Waals surface area contributed by atoms with E-state index in [1.54, 1.807) is 0 Å². The Kier molecular flexibility index (Phi) is 7.77. The van der Waals surface area contributed by atoms with Gasteiger partial charge in [-0.05, 0) is 111 Å². The van der Waals surface area contributed by atoms with E-state index < -0.39 is 0 Å². The number of hydrogen-bond acceptors (Lipinski definition) is 2. The molecule has 10 aromatic rings. The van der Waals surface area contributed by atoms with Crippen LogP contribution in [0.1, 0.15) is 12.5 Å². The lowest BCUT2D eigenvalue weighted by atomic mass is 9.89. The molecule has 0 saturated heterocycles. The van der Waals surface area contributed by atoms with E-state index in [1.165, 1.54) is 55.2 Å². The van der Waals surface area contributed by atoms with Gasteiger partial charge in [0.2, 0.25) is 5.89 Å². The zero-order chi connectivity index (χ0) is 36.0. The smallest absolute Gasteiger partial charge is 0.227 e. The summed E-state index contributed by atoms with van der Waals surface area (Å²) in [6.45, 7) is 2.17. The number of fused-ring (bicyclic) bond motifs is 4. The zero-order valence-corrected chi connectivity index (χ0v) is 29.9. The fraction of sp³-hybridized carbons (Fsp3) is 0.0392. The molecule has 8 aromatic carbocycles. The SMILES string of the molecule is CCc1cc(-c2ccccc2)cc2nc(-c3ccc(-c4ccccc4-c4ccccc4-c4ccc5c(c4)c4ccccc4n5-c4ccccc4)cc3)oc12. The number of aryl methyl sites for hydroxylation is 1. The highest BCUT2D eigenvalue weighted by atomic mass is 16.3. The molecule has 0 spiro atoms. The molecule has 0 bridgehead atoms. The van der Waals surface area contributed by atoms with Gasteiger partial charge in [0.1, 0.15) is 5.52 Å². The molecule has 0 atom stereocenters. The van der Waals surface area contributed by atoms with Gasteiger partial charge in [0.15, 0.2) is 5.58 Å². The van der Waals surface area contributed by atoms with Crippen molar-refractivity contribution in [2.24, 2.45) is 0 Å². The van der Waals surface area contributed by atoms with Crippen LogP contribution in [0.5, 0.6) is 0 Å². The molecule has 2 aromatic heterocycles. The van der Waals surface area contributed by atoms with Crippen LogP contribution in [0, 0.1) is 0 Å². The van der Waals surface area contributed by atoms with E-state index in [4.69, 9.17) is 9.40 Å². The van der Waals surface area contributed by atoms with Crippen LogP contribution in [0.15, 0.2) is 192 Å². The quantitative estimate of drug-likeness (QED) is 0.166. The maximum absolute atomic E-state index is 6.44. The number of rotatable bonds is 7. The minimum absolute atomic E-state index is 0.638. The summed E-state index contributed by atoms with van der Waals surface area (Å²) in [4.78, 5) is 4.98. The normalized spacial score (nSPS) is 11.5. The Bertz CT molecular complexity index is 2950. The lowest BCUT2D eigenvalue weighted by Gasteiger charge is -2.15. The molecule has 0 aliphatic rings. The summed E-state index contributed by atoms with van der Waals surface area (Å²) in [6, 6.07) is 67.2. The first-order valence-corrected chi connectivity index (χ1v) is 18.6. The van der Waals surface area contributed by atoms with Gasteiger partial charge in [-0.25, -0.2) is 4.98 Å². The van der Waals surface area contributed by atoms with Crippen molar-refractivity contribution in [1.29, 1.82) is 0 Å². The molecule has 0 fully saturated rings. The lowest BCUT2D eigenvalue weighted by Crippen LogP contribution is -1.93. The third-order valence-corrected chi connectivity index (χ3v) is 10.6. The van der Waals surface area contributed by atoms with Gasteiger partial charge < -0.3 is 8.98 Å². The Morgan fingerprint density at radius 1 is 0.444 bits per heavy atom. The van der Waals surface area contributed by atoms with Crippen molar-refractivity contribution < 1.29 is 4.42 Å². The number of oxazole rings is 1. The predicted octanol–water partition coefficient (Wildman–Crippen LogP) is 13.8. The van der Waals surface area contributed by atoms with E-state index in [0.29, 0.717) is 5.89 Å². The fourth-order valence-electron chi connectivity index (χ4n) is 8.01. The molecular formula is C51H36N2O. The van der Waals surface area contributed by atoms with Crippen LogP contribution in [-0.2, 0) is 6.42 Å². The van der Waals surface area contributed by atoms with Gasteiger partial charge in [0.25, 0.3) is 0 Å². The van der Waals surface area contributed by atoms with E-state index in [2.05, 4.69) is 193 Å². The average molecular weight is 693 g/mol. The van der Waals surface area contributed by atoms with E-state index in [0.717, 1.165) is 45.5 Å². The molecule has 256 valence electrons.